The number of carbonyl (C=O) groups excluding carboxylic acids is 1. The highest BCUT2D eigenvalue weighted by Crippen LogP contribution is 2.35. The zero-order valence-corrected chi connectivity index (χ0v) is 16.0. The van der Waals surface area contributed by atoms with Gasteiger partial charge in [0.05, 0.1) is 6.54 Å². The molecule has 1 aliphatic heterocycles. The molecule has 144 valence electrons. The number of nitrogens with zero attached hydrogens (tertiary/aromatic N) is 3. The van der Waals surface area contributed by atoms with E-state index in [1.54, 1.807) is 4.90 Å². The summed E-state index contributed by atoms with van der Waals surface area (Å²) in [5.41, 5.74) is 1.98. The standard InChI is InChI=1S/C21H28N4O2/c1-2-25(14-19-23-20(27-24-19)15-6-3-7-15)21(26)17-9-4-8-16(12-17)18-10-5-11-22-13-18/h4,8-9,12,15,18,22H,2-3,5-7,10-11,13-14H2,1H3. The van der Waals surface area contributed by atoms with Crippen LogP contribution in [-0.4, -0.2) is 40.6 Å². The fourth-order valence-electron chi connectivity index (χ4n) is 3.90. The van der Waals surface area contributed by atoms with Crippen molar-refractivity contribution < 1.29 is 9.32 Å². The predicted octanol–water partition coefficient (Wildman–Crippen LogP) is 3.47. The van der Waals surface area contributed by atoms with Gasteiger partial charge < -0.3 is 14.7 Å². The fourth-order valence-corrected chi connectivity index (χ4v) is 3.90. The Morgan fingerprint density at radius 3 is 2.81 bits per heavy atom. The largest absolute Gasteiger partial charge is 0.339 e. The van der Waals surface area contributed by atoms with Crippen LogP contribution < -0.4 is 5.32 Å². The second kappa shape index (κ2) is 8.21. The van der Waals surface area contributed by atoms with Gasteiger partial charge >= 0.3 is 0 Å². The van der Waals surface area contributed by atoms with E-state index in [-0.39, 0.29) is 5.91 Å². The molecule has 2 heterocycles. The van der Waals surface area contributed by atoms with Crippen molar-refractivity contribution in [3.05, 3.63) is 47.1 Å². The minimum atomic E-state index is 0.0260. The van der Waals surface area contributed by atoms with Crippen LogP contribution in [0.15, 0.2) is 28.8 Å². The highest BCUT2D eigenvalue weighted by atomic mass is 16.5. The second-order valence-electron chi connectivity index (χ2n) is 7.66. The molecule has 1 aromatic heterocycles. The summed E-state index contributed by atoms with van der Waals surface area (Å²) >= 11 is 0. The van der Waals surface area contributed by atoms with Gasteiger partial charge in [0.1, 0.15) is 0 Å². The van der Waals surface area contributed by atoms with E-state index in [1.165, 1.54) is 24.8 Å². The third kappa shape index (κ3) is 4.05. The average Bonchev–Trinajstić information content (AvgIpc) is 3.13. The van der Waals surface area contributed by atoms with Crippen LogP contribution in [0, 0.1) is 0 Å². The summed E-state index contributed by atoms with van der Waals surface area (Å²) in [6.45, 7) is 5.07. The molecule has 2 aliphatic rings. The maximum Gasteiger partial charge on any atom is 0.254 e. The number of amides is 1. The van der Waals surface area contributed by atoms with Gasteiger partial charge in [0, 0.05) is 24.6 Å². The van der Waals surface area contributed by atoms with E-state index in [9.17, 15) is 4.79 Å². The summed E-state index contributed by atoms with van der Waals surface area (Å²) in [5.74, 6) is 2.26. The molecule has 2 aromatic rings. The molecule has 6 nitrogen and oxygen atoms in total. The second-order valence-corrected chi connectivity index (χ2v) is 7.66. The van der Waals surface area contributed by atoms with Crippen LogP contribution >= 0.6 is 0 Å². The van der Waals surface area contributed by atoms with Gasteiger partial charge in [-0.15, -0.1) is 0 Å². The Bertz CT molecular complexity index is 778. The number of benzene rings is 1. The Balaban J connectivity index is 1.45. The van der Waals surface area contributed by atoms with Crippen molar-refractivity contribution in [3.8, 4) is 0 Å². The maximum absolute atomic E-state index is 13.0. The van der Waals surface area contributed by atoms with E-state index in [4.69, 9.17) is 4.52 Å². The fraction of sp³-hybridized carbons (Fsp3) is 0.571. The molecule has 2 fully saturated rings. The lowest BCUT2D eigenvalue weighted by Crippen LogP contribution is -2.31. The molecular weight excluding hydrogens is 340 g/mol. The van der Waals surface area contributed by atoms with Crippen molar-refractivity contribution in [2.45, 2.75) is 57.4 Å². The van der Waals surface area contributed by atoms with E-state index in [0.29, 0.717) is 30.7 Å². The molecule has 4 rings (SSSR count). The van der Waals surface area contributed by atoms with Crippen LogP contribution in [-0.2, 0) is 6.54 Å². The van der Waals surface area contributed by atoms with Gasteiger partial charge in [0.2, 0.25) is 5.89 Å². The maximum atomic E-state index is 13.0. The summed E-state index contributed by atoms with van der Waals surface area (Å²) in [6, 6.07) is 8.09. The van der Waals surface area contributed by atoms with E-state index < -0.39 is 0 Å². The van der Waals surface area contributed by atoms with Crippen LogP contribution in [0.2, 0.25) is 0 Å². The summed E-state index contributed by atoms with van der Waals surface area (Å²) in [7, 11) is 0. The molecule has 1 amide bonds. The molecular formula is C21H28N4O2. The Kier molecular flexibility index (Phi) is 5.53. The van der Waals surface area contributed by atoms with Crippen LogP contribution in [0.1, 0.15) is 78.5 Å². The lowest BCUT2D eigenvalue weighted by Gasteiger charge is -2.24. The molecule has 1 saturated heterocycles. The van der Waals surface area contributed by atoms with Crippen LogP contribution in [0.5, 0.6) is 0 Å². The topological polar surface area (TPSA) is 71.3 Å². The normalized spacial score (nSPS) is 20.3. The monoisotopic (exact) mass is 368 g/mol. The van der Waals surface area contributed by atoms with Crippen molar-refractivity contribution in [2.24, 2.45) is 0 Å². The lowest BCUT2D eigenvalue weighted by atomic mass is 9.85. The van der Waals surface area contributed by atoms with Gasteiger partial charge in [-0.25, -0.2) is 0 Å². The van der Waals surface area contributed by atoms with Gasteiger partial charge in [0.15, 0.2) is 5.82 Å². The number of aromatic nitrogens is 2. The minimum absolute atomic E-state index is 0.0260. The molecule has 0 bridgehead atoms. The minimum Gasteiger partial charge on any atom is -0.339 e. The first kappa shape index (κ1) is 18.2. The average molecular weight is 368 g/mol. The quantitative estimate of drug-likeness (QED) is 0.845. The van der Waals surface area contributed by atoms with E-state index >= 15 is 0 Å². The Labute approximate surface area is 160 Å². The Morgan fingerprint density at radius 1 is 1.26 bits per heavy atom. The molecule has 0 radical (unpaired) electrons. The van der Waals surface area contributed by atoms with Crippen molar-refractivity contribution in [1.29, 1.82) is 0 Å². The number of nitrogens with one attached hydrogen (secondary N) is 1. The van der Waals surface area contributed by atoms with Crippen molar-refractivity contribution >= 4 is 5.91 Å². The highest BCUT2D eigenvalue weighted by molar-refractivity contribution is 5.94. The van der Waals surface area contributed by atoms with Crippen molar-refractivity contribution in [2.75, 3.05) is 19.6 Å². The molecule has 1 atom stereocenters. The first-order chi connectivity index (χ1) is 13.2. The summed E-state index contributed by atoms with van der Waals surface area (Å²) < 4.78 is 5.39. The molecule has 1 unspecified atom stereocenters. The summed E-state index contributed by atoms with van der Waals surface area (Å²) in [6.07, 6.45) is 5.84. The van der Waals surface area contributed by atoms with Crippen LogP contribution in [0.25, 0.3) is 0 Å². The van der Waals surface area contributed by atoms with E-state index in [0.717, 1.165) is 37.4 Å². The van der Waals surface area contributed by atoms with Crippen molar-refractivity contribution in [1.82, 2.24) is 20.4 Å². The number of hydrogen-bond acceptors (Lipinski definition) is 5. The lowest BCUT2D eigenvalue weighted by molar-refractivity contribution is 0.0747. The smallest absolute Gasteiger partial charge is 0.254 e. The summed E-state index contributed by atoms with van der Waals surface area (Å²) in [4.78, 5) is 19.3. The highest BCUT2D eigenvalue weighted by Gasteiger charge is 2.26. The molecule has 1 N–H and O–H groups in total. The Morgan fingerprint density at radius 2 is 2.11 bits per heavy atom. The third-order valence-electron chi connectivity index (χ3n) is 5.84. The number of carbonyl (C=O) groups is 1. The third-order valence-corrected chi connectivity index (χ3v) is 5.84. The van der Waals surface area contributed by atoms with E-state index in [1.807, 2.05) is 19.1 Å². The molecule has 1 saturated carbocycles. The van der Waals surface area contributed by atoms with Crippen molar-refractivity contribution in [3.63, 3.8) is 0 Å². The summed E-state index contributed by atoms with van der Waals surface area (Å²) in [5, 5.41) is 7.53. The predicted molar refractivity (Wildman–Crippen MR) is 103 cm³/mol. The van der Waals surface area contributed by atoms with Gasteiger partial charge in [-0.05, 0) is 62.8 Å². The van der Waals surface area contributed by atoms with Gasteiger partial charge in [-0.1, -0.05) is 23.7 Å². The molecule has 27 heavy (non-hydrogen) atoms. The first-order valence-corrected chi connectivity index (χ1v) is 10.2. The van der Waals surface area contributed by atoms with Crippen LogP contribution in [0.4, 0.5) is 0 Å². The van der Waals surface area contributed by atoms with Crippen LogP contribution in [0.3, 0.4) is 0 Å². The number of rotatable bonds is 6. The van der Waals surface area contributed by atoms with Gasteiger partial charge in [-0.2, -0.15) is 4.98 Å². The molecule has 1 aromatic carbocycles. The number of piperidine rings is 1. The Hall–Kier alpha value is -2.21. The number of hydrogen-bond donors (Lipinski definition) is 1. The molecule has 0 spiro atoms. The zero-order valence-electron chi connectivity index (χ0n) is 16.0. The van der Waals surface area contributed by atoms with E-state index in [2.05, 4.69) is 27.6 Å². The van der Waals surface area contributed by atoms with Gasteiger partial charge in [-0.3, -0.25) is 4.79 Å². The molecule has 6 heteroatoms. The first-order valence-electron chi connectivity index (χ1n) is 10.2. The molecule has 1 aliphatic carbocycles. The zero-order chi connectivity index (χ0) is 18.6. The van der Waals surface area contributed by atoms with Gasteiger partial charge in [0.25, 0.3) is 5.91 Å². The SMILES string of the molecule is CCN(Cc1noc(C2CCC2)n1)C(=O)c1cccc(C2CCCNC2)c1.